The summed E-state index contributed by atoms with van der Waals surface area (Å²) in [6.45, 7) is 6.06. The van der Waals surface area contributed by atoms with Crippen LogP contribution in [0.2, 0.25) is 5.02 Å². The van der Waals surface area contributed by atoms with Crippen LogP contribution < -0.4 is 5.69 Å². The van der Waals surface area contributed by atoms with E-state index >= 15 is 0 Å². The molecule has 0 aliphatic heterocycles. The van der Waals surface area contributed by atoms with Gasteiger partial charge in [-0.25, -0.2) is 14.3 Å². The van der Waals surface area contributed by atoms with Gasteiger partial charge in [0, 0.05) is 17.0 Å². The second kappa shape index (κ2) is 10.6. The van der Waals surface area contributed by atoms with Crippen molar-refractivity contribution in [1.82, 2.24) is 14.3 Å². The average Bonchev–Trinajstić information content (AvgIpc) is 3.14. The summed E-state index contributed by atoms with van der Waals surface area (Å²) in [4.78, 5) is 37.7. The molecule has 1 heterocycles. The van der Waals surface area contributed by atoms with Crippen LogP contribution in [-0.4, -0.2) is 31.2 Å². The lowest BCUT2D eigenvalue weighted by atomic mass is 9.79. The molecular formula is C29H28ClN3O4. The van der Waals surface area contributed by atoms with Crippen LogP contribution in [0.25, 0.3) is 11.4 Å². The van der Waals surface area contributed by atoms with Gasteiger partial charge in [-0.15, -0.1) is 5.10 Å². The van der Waals surface area contributed by atoms with Gasteiger partial charge >= 0.3 is 11.7 Å². The van der Waals surface area contributed by atoms with Crippen LogP contribution in [0.1, 0.15) is 47.3 Å². The second-order valence-electron chi connectivity index (χ2n) is 9.83. The van der Waals surface area contributed by atoms with Gasteiger partial charge in [-0.2, -0.15) is 0 Å². The fraction of sp³-hybridized carbons (Fsp3) is 0.241. The van der Waals surface area contributed by atoms with Crippen LogP contribution in [0.5, 0.6) is 0 Å². The van der Waals surface area contributed by atoms with Gasteiger partial charge in [-0.05, 0) is 59.9 Å². The smallest absolute Gasteiger partial charge is 0.346 e. The molecule has 4 rings (SSSR count). The lowest BCUT2D eigenvalue weighted by Gasteiger charge is -2.24. The van der Waals surface area contributed by atoms with Gasteiger partial charge in [-0.1, -0.05) is 67.4 Å². The zero-order valence-electron chi connectivity index (χ0n) is 20.9. The van der Waals surface area contributed by atoms with Crippen LogP contribution in [0.3, 0.4) is 0 Å². The van der Waals surface area contributed by atoms with Crippen LogP contribution in [0.4, 0.5) is 0 Å². The quantitative estimate of drug-likeness (QED) is 0.322. The summed E-state index contributed by atoms with van der Waals surface area (Å²) < 4.78 is 2.68. The largest absolute Gasteiger partial charge is 0.478 e. The van der Waals surface area contributed by atoms with Crippen LogP contribution in [0.15, 0.2) is 77.6 Å². The maximum atomic E-state index is 13.4. The number of Topliss-reactive ketones (excluding diaryl/α,β-unsaturated/α-hetero) is 1. The van der Waals surface area contributed by atoms with E-state index in [-0.39, 0.29) is 30.9 Å². The van der Waals surface area contributed by atoms with Gasteiger partial charge in [0.15, 0.2) is 11.6 Å². The Bertz CT molecular complexity index is 1500. The van der Waals surface area contributed by atoms with Crippen molar-refractivity contribution in [2.75, 3.05) is 0 Å². The normalized spacial score (nSPS) is 11.5. The molecule has 1 N–H and O–H groups in total. The minimum Gasteiger partial charge on any atom is -0.478 e. The molecule has 3 aromatic carbocycles. The van der Waals surface area contributed by atoms with E-state index in [4.69, 9.17) is 16.7 Å². The maximum Gasteiger partial charge on any atom is 0.346 e. The Morgan fingerprint density at radius 1 is 1.00 bits per heavy atom. The standard InChI is InChI=1S/C29H28ClN3O4/c1-19-5-4-6-23(15-19)29(2,3)16-25(34)18-33-28(37)32(17-20-7-9-22(10-8-20)27(35)36)26(31-33)21-11-13-24(30)14-12-21/h4-15H,16-18H2,1-3H3,(H,35,36). The number of aryl methyl sites for hydroxylation is 1. The number of nitrogens with zero attached hydrogens (tertiary/aromatic N) is 3. The van der Waals surface area contributed by atoms with Crippen molar-refractivity contribution < 1.29 is 14.7 Å². The van der Waals surface area contributed by atoms with Gasteiger partial charge in [0.05, 0.1) is 12.1 Å². The van der Waals surface area contributed by atoms with Crippen LogP contribution in [-0.2, 0) is 23.3 Å². The first kappa shape index (κ1) is 26.1. The molecule has 0 atom stereocenters. The molecule has 0 fully saturated rings. The van der Waals surface area contributed by atoms with Crippen molar-refractivity contribution in [3.63, 3.8) is 0 Å². The molecule has 0 amide bonds. The number of hydrogen-bond acceptors (Lipinski definition) is 4. The summed E-state index contributed by atoms with van der Waals surface area (Å²) in [5, 5.41) is 14.2. The molecular weight excluding hydrogens is 490 g/mol. The lowest BCUT2D eigenvalue weighted by Crippen LogP contribution is -2.30. The molecule has 0 spiro atoms. The van der Waals surface area contributed by atoms with E-state index in [1.807, 2.05) is 39.0 Å². The third-order valence-electron chi connectivity index (χ3n) is 6.33. The Morgan fingerprint density at radius 3 is 2.30 bits per heavy atom. The van der Waals surface area contributed by atoms with Crippen LogP contribution >= 0.6 is 11.6 Å². The Labute approximate surface area is 220 Å². The first-order valence-corrected chi connectivity index (χ1v) is 12.3. The van der Waals surface area contributed by atoms with Crippen molar-refractivity contribution >= 4 is 23.4 Å². The number of benzene rings is 3. The number of carboxylic acid groups (broad SMARTS) is 1. The highest BCUT2D eigenvalue weighted by Gasteiger charge is 2.26. The van der Waals surface area contributed by atoms with Crippen molar-refractivity contribution in [3.05, 3.63) is 111 Å². The molecule has 0 saturated carbocycles. The fourth-order valence-electron chi connectivity index (χ4n) is 4.32. The highest BCUT2D eigenvalue weighted by molar-refractivity contribution is 6.30. The predicted molar refractivity (Wildman–Crippen MR) is 143 cm³/mol. The number of aromatic carboxylic acids is 1. The van der Waals surface area contributed by atoms with Crippen molar-refractivity contribution in [1.29, 1.82) is 0 Å². The van der Waals surface area contributed by atoms with E-state index in [0.717, 1.165) is 16.7 Å². The molecule has 0 saturated heterocycles. The van der Waals surface area contributed by atoms with Gasteiger partial charge in [0.25, 0.3) is 0 Å². The van der Waals surface area contributed by atoms with Crippen molar-refractivity contribution in [2.45, 2.75) is 45.7 Å². The molecule has 0 bridgehead atoms. The molecule has 190 valence electrons. The topological polar surface area (TPSA) is 94.2 Å². The minimum atomic E-state index is -1.02. The predicted octanol–water partition coefficient (Wildman–Crippen LogP) is 5.36. The van der Waals surface area contributed by atoms with E-state index in [1.165, 1.54) is 21.4 Å². The number of carboxylic acids is 1. The number of ketones is 1. The zero-order valence-corrected chi connectivity index (χ0v) is 21.7. The molecule has 1 aromatic heterocycles. The fourth-order valence-corrected chi connectivity index (χ4v) is 4.44. The molecule has 0 aliphatic rings. The molecule has 0 aliphatic carbocycles. The number of hydrogen-bond donors (Lipinski definition) is 1. The number of halogens is 1. The monoisotopic (exact) mass is 517 g/mol. The first-order chi connectivity index (χ1) is 17.5. The van der Waals surface area contributed by atoms with Gasteiger partial charge in [0.1, 0.15) is 6.54 Å². The second-order valence-corrected chi connectivity index (χ2v) is 10.3. The van der Waals surface area contributed by atoms with Crippen molar-refractivity contribution in [2.24, 2.45) is 0 Å². The van der Waals surface area contributed by atoms with Gasteiger partial charge in [-0.3, -0.25) is 9.36 Å². The highest BCUT2D eigenvalue weighted by Crippen LogP contribution is 2.28. The number of carbonyl (C=O) groups excluding carboxylic acids is 1. The Morgan fingerprint density at radius 2 is 1.68 bits per heavy atom. The first-order valence-electron chi connectivity index (χ1n) is 11.9. The number of aromatic nitrogens is 3. The molecule has 37 heavy (non-hydrogen) atoms. The Balaban J connectivity index is 1.64. The summed E-state index contributed by atoms with van der Waals surface area (Å²) in [5.74, 6) is -0.730. The van der Waals surface area contributed by atoms with E-state index in [0.29, 0.717) is 16.4 Å². The molecule has 8 heteroatoms. The summed E-state index contributed by atoms with van der Waals surface area (Å²) >= 11 is 6.05. The third-order valence-corrected chi connectivity index (χ3v) is 6.58. The Hall–Kier alpha value is -3.97. The average molecular weight is 518 g/mol. The van der Waals surface area contributed by atoms with Crippen LogP contribution in [0, 0.1) is 6.92 Å². The van der Waals surface area contributed by atoms with E-state index in [2.05, 4.69) is 11.2 Å². The zero-order chi connectivity index (χ0) is 26.7. The van der Waals surface area contributed by atoms with E-state index < -0.39 is 17.1 Å². The lowest BCUT2D eigenvalue weighted by molar-refractivity contribution is -0.120. The Kier molecular flexibility index (Phi) is 7.45. The third kappa shape index (κ3) is 6.06. The highest BCUT2D eigenvalue weighted by atomic mass is 35.5. The number of rotatable bonds is 9. The molecule has 0 radical (unpaired) electrons. The van der Waals surface area contributed by atoms with Crippen molar-refractivity contribution in [3.8, 4) is 11.4 Å². The molecule has 4 aromatic rings. The van der Waals surface area contributed by atoms with Gasteiger partial charge < -0.3 is 5.11 Å². The maximum absolute atomic E-state index is 13.4. The van der Waals surface area contributed by atoms with E-state index in [1.54, 1.807) is 36.4 Å². The summed E-state index contributed by atoms with van der Waals surface area (Å²) in [5.41, 5.74) is 2.92. The minimum absolute atomic E-state index is 0.105. The molecule has 7 nitrogen and oxygen atoms in total. The SMILES string of the molecule is Cc1cccc(C(C)(C)CC(=O)Cn2nc(-c3ccc(Cl)cc3)n(Cc3ccc(C(=O)O)cc3)c2=O)c1. The summed E-state index contributed by atoms with van der Waals surface area (Å²) in [6, 6.07) is 21.3. The number of carbonyl (C=O) groups is 2. The summed E-state index contributed by atoms with van der Waals surface area (Å²) in [7, 11) is 0. The van der Waals surface area contributed by atoms with E-state index in [9.17, 15) is 14.4 Å². The molecule has 0 unspecified atom stereocenters. The summed E-state index contributed by atoms with van der Waals surface area (Å²) in [6.07, 6.45) is 0.253. The van der Waals surface area contributed by atoms with Gasteiger partial charge in [0.2, 0.25) is 0 Å².